The molecule has 0 radical (unpaired) electrons. The Balaban J connectivity index is 1.22. The maximum absolute atomic E-state index is 12.6. The van der Waals surface area contributed by atoms with Crippen molar-refractivity contribution in [2.45, 2.75) is 19.6 Å². The van der Waals surface area contributed by atoms with E-state index in [-0.39, 0.29) is 12.5 Å². The van der Waals surface area contributed by atoms with Crippen LogP contribution in [0.25, 0.3) is 10.2 Å². The highest BCUT2D eigenvalue weighted by Crippen LogP contribution is 2.22. The Kier molecular flexibility index (Phi) is 6.94. The van der Waals surface area contributed by atoms with Gasteiger partial charge in [-0.1, -0.05) is 24.3 Å². The minimum absolute atomic E-state index is 0.0578. The maximum atomic E-state index is 12.6. The van der Waals surface area contributed by atoms with Crippen LogP contribution in [0.2, 0.25) is 0 Å². The van der Waals surface area contributed by atoms with Gasteiger partial charge in [-0.3, -0.25) is 9.69 Å². The van der Waals surface area contributed by atoms with Crippen molar-refractivity contribution >= 4 is 27.5 Å². The number of methoxy groups -OCH3 is 1. The van der Waals surface area contributed by atoms with Gasteiger partial charge in [0.2, 0.25) is 5.91 Å². The summed E-state index contributed by atoms with van der Waals surface area (Å²) in [4.78, 5) is 21.5. The van der Waals surface area contributed by atoms with Crippen LogP contribution in [-0.4, -0.2) is 60.6 Å². The average molecular weight is 426 g/mol. The molecule has 1 aliphatic heterocycles. The van der Waals surface area contributed by atoms with E-state index in [0.29, 0.717) is 6.61 Å². The van der Waals surface area contributed by atoms with Gasteiger partial charge in [0.15, 0.2) is 0 Å². The van der Waals surface area contributed by atoms with Gasteiger partial charge < -0.3 is 14.4 Å². The zero-order valence-electron chi connectivity index (χ0n) is 17.3. The van der Waals surface area contributed by atoms with Crippen LogP contribution in [0.4, 0.5) is 0 Å². The number of para-hydroxylation sites is 1. The number of hydrogen-bond acceptors (Lipinski definition) is 6. The van der Waals surface area contributed by atoms with Gasteiger partial charge in [0.05, 0.1) is 23.9 Å². The first kappa shape index (κ1) is 20.8. The predicted molar refractivity (Wildman–Crippen MR) is 119 cm³/mol. The van der Waals surface area contributed by atoms with Gasteiger partial charge in [-0.2, -0.15) is 0 Å². The number of benzene rings is 2. The highest BCUT2D eigenvalue weighted by atomic mass is 32.1. The van der Waals surface area contributed by atoms with Gasteiger partial charge in [-0.15, -0.1) is 11.3 Å². The molecule has 1 aromatic heterocycles. The third-order valence-corrected chi connectivity index (χ3v) is 6.31. The van der Waals surface area contributed by atoms with E-state index in [1.54, 1.807) is 18.4 Å². The first-order valence-corrected chi connectivity index (χ1v) is 11.1. The van der Waals surface area contributed by atoms with Crippen LogP contribution >= 0.6 is 11.3 Å². The summed E-state index contributed by atoms with van der Waals surface area (Å²) in [6.45, 7) is 4.75. The normalized spacial score (nSPS) is 15.3. The third-order valence-electron chi connectivity index (χ3n) is 5.30. The lowest BCUT2D eigenvalue weighted by Gasteiger charge is -2.22. The number of hydrogen-bond donors (Lipinski definition) is 0. The van der Waals surface area contributed by atoms with E-state index in [2.05, 4.69) is 28.1 Å². The van der Waals surface area contributed by atoms with Crippen molar-refractivity contribution in [1.82, 2.24) is 14.8 Å². The molecule has 0 saturated carbocycles. The lowest BCUT2D eigenvalue weighted by molar-refractivity contribution is -0.136. The number of rotatable bonds is 7. The number of carbonyl (C=O) groups excluding carboxylic acids is 1. The molecule has 0 bridgehead atoms. The molecule has 158 valence electrons. The molecule has 1 aliphatic rings. The minimum Gasteiger partial charge on any atom is -0.497 e. The summed E-state index contributed by atoms with van der Waals surface area (Å²) < 4.78 is 12.0. The van der Waals surface area contributed by atoms with Crippen molar-refractivity contribution in [1.29, 1.82) is 0 Å². The molecule has 4 rings (SSSR count). The number of aromatic nitrogens is 1. The fourth-order valence-corrected chi connectivity index (χ4v) is 4.57. The number of thiazole rings is 1. The van der Waals surface area contributed by atoms with Crippen molar-refractivity contribution in [3.8, 4) is 5.75 Å². The zero-order valence-corrected chi connectivity index (χ0v) is 18.1. The Morgan fingerprint density at radius 3 is 2.70 bits per heavy atom. The third kappa shape index (κ3) is 5.36. The second-order valence-corrected chi connectivity index (χ2v) is 8.54. The Labute approximate surface area is 181 Å². The van der Waals surface area contributed by atoms with Gasteiger partial charge in [0, 0.05) is 32.7 Å². The van der Waals surface area contributed by atoms with Gasteiger partial charge in [0.1, 0.15) is 17.4 Å². The van der Waals surface area contributed by atoms with Crippen molar-refractivity contribution in [2.24, 2.45) is 0 Å². The van der Waals surface area contributed by atoms with Crippen LogP contribution in [0.15, 0.2) is 48.5 Å². The summed E-state index contributed by atoms with van der Waals surface area (Å²) in [7, 11) is 1.68. The molecule has 2 heterocycles. The predicted octanol–water partition coefficient (Wildman–Crippen LogP) is 3.56. The lowest BCUT2D eigenvalue weighted by atomic mass is 10.2. The summed E-state index contributed by atoms with van der Waals surface area (Å²) in [6, 6.07) is 16.2. The van der Waals surface area contributed by atoms with Crippen molar-refractivity contribution in [2.75, 3.05) is 39.9 Å². The molecule has 7 heteroatoms. The van der Waals surface area contributed by atoms with E-state index < -0.39 is 0 Å². The second kappa shape index (κ2) is 10.0. The van der Waals surface area contributed by atoms with Gasteiger partial charge in [0.25, 0.3) is 0 Å². The average Bonchev–Trinajstić information content (AvgIpc) is 3.04. The van der Waals surface area contributed by atoms with Crippen LogP contribution < -0.4 is 4.74 Å². The molecule has 1 saturated heterocycles. The number of ether oxygens (including phenoxy) is 2. The summed E-state index contributed by atoms with van der Waals surface area (Å²) in [5.74, 6) is 0.930. The highest BCUT2D eigenvalue weighted by molar-refractivity contribution is 7.18. The highest BCUT2D eigenvalue weighted by Gasteiger charge is 2.19. The molecular weight excluding hydrogens is 398 g/mol. The molecule has 0 atom stereocenters. The van der Waals surface area contributed by atoms with E-state index in [9.17, 15) is 4.79 Å². The van der Waals surface area contributed by atoms with E-state index in [1.165, 1.54) is 5.56 Å². The summed E-state index contributed by atoms with van der Waals surface area (Å²) in [5, 5.41) is 0.908. The largest absolute Gasteiger partial charge is 0.497 e. The van der Waals surface area contributed by atoms with Crippen LogP contribution in [0, 0.1) is 0 Å². The molecule has 6 nitrogen and oxygen atoms in total. The molecule has 2 aromatic carbocycles. The van der Waals surface area contributed by atoms with E-state index in [0.717, 1.165) is 60.1 Å². The van der Waals surface area contributed by atoms with Crippen molar-refractivity contribution in [3.05, 3.63) is 59.1 Å². The zero-order chi connectivity index (χ0) is 20.8. The number of fused-ring (bicyclic) bond motifs is 1. The summed E-state index contributed by atoms with van der Waals surface area (Å²) >= 11 is 1.62. The summed E-state index contributed by atoms with van der Waals surface area (Å²) in [6.07, 6.45) is 0.972. The van der Waals surface area contributed by atoms with Crippen LogP contribution in [0.1, 0.15) is 17.0 Å². The minimum atomic E-state index is 0.0578. The number of nitrogens with zero attached hydrogens (tertiary/aromatic N) is 3. The summed E-state index contributed by atoms with van der Waals surface area (Å²) in [5.41, 5.74) is 2.24. The number of amides is 1. The van der Waals surface area contributed by atoms with Crippen molar-refractivity contribution in [3.63, 3.8) is 0 Å². The van der Waals surface area contributed by atoms with Gasteiger partial charge >= 0.3 is 0 Å². The Morgan fingerprint density at radius 2 is 1.90 bits per heavy atom. The molecule has 3 aromatic rings. The van der Waals surface area contributed by atoms with E-state index in [1.807, 2.05) is 35.2 Å². The van der Waals surface area contributed by atoms with Crippen LogP contribution in [-0.2, 0) is 22.7 Å². The molecule has 0 unspecified atom stereocenters. The molecule has 0 N–H and O–H groups in total. The maximum Gasteiger partial charge on any atom is 0.248 e. The number of carbonyl (C=O) groups is 1. The molecule has 0 spiro atoms. The molecule has 30 heavy (non-hydrogen) atoms. The first-order chi connectivity index (χ1) is 14.7. The van der Waals surface area contributed by atoms with Crippen molar-refractivity contribution < 1.29 is 14.3 Å². The van der Waals surface area contributed by atoms with E-state index in [4.69, 9.17) is 9.47 Å². The quantitative estimate of drug-likeness (QED) is 0.579. The Hall–Kier alpha value is -2.48. The Morgan fingerprint density at radius 1 is 1.07 bits per heavy atom. The smallest absolute Gasteiger partial charge is 0.248 e. The fourth-order valence-electron chi connectivity index (χ4n) is 3.67. The van der Waals surface area contributed by atoms with Crippen LogP contribution in [0.5, 0.6) is 5.75 Å². The molecule has 1 fully saturated rings. The first-order valence-electron chi connectivity index (χ1n) is 10.3. The fraction of sp³-hybridized carbons (Fsp3) is 0.391. The SMILES string of the molecule is COc1ccc(CN2CCCN(C(=O)COCc3nc4ccccc4s3)CC2)cc1. The van der Waals surface area contributed by atoms with Gasteiger partial charge in [-0.25, -0.2) is 4.98 Å². The topological polar surface area (TPSA) is 54.9 Å². The van der Waals surface area contributed by atoms with Crippen LogP contribution in [0.3, 0.4) is 0 Å². The van der Waals surface area contributed by atoms with Gasteiger partial charge in [-0.05, 0) is 36.2 Å². The molecule has 1 amide bonds. The second-order valence-electron chi connectivity index (χ2n) is 7.43. The molecule has 0 aliphatic carbocycles. The lowest BCUT2D eigenvalue weighted by Crippen LogP contribution is -2.37. The van der Waals surface area contributed by atoms with E-state index >= 15 is 0 Å². The Bertz CT molecular complexity index is 940. The monoisotopic (exact) mass is 425 g/mol. The standard InChI is InChI=1S/C23H27N3O3S/c1-28-19-9-7-18(8-10-19)15-25-11-4-12-26(14-13-25)23(27)17-29-16-22-24-20-5-2-3-6-21(20)30-22/h2-3,5-10H,4,11-17H2,1H3. The molecular formula is C23H27N3O3S.